The van der Waals surface area contributed by atoms with Crippen molar-refractivity contribution in [1.82, 2.24) is 0 Å². The fourth-order valence-corrected chi connectivity index (χ4v) is 2.94. The van der Waals surface area contributed by atoms with Crippen LogP contribution in [-0.4, -0.2) is 11.4 Å². The zero-order chi connectivity index (χ0) is 11.1. The molecular weight excluding hydrogens is 188 g/mol. The van der Waals surface area contributed by atoms with Crippen LogP contribution in [-0.2, 0) is 4.79 Å². The second-order valence-corrected chi connectivity index (χ2v) is 4.92. The Labute approximate surface area is 90.7 Å². The second kappa shape index (κ2) is 3.31. The monoisotopic (exact) mass is 205 g/mol. The van der Waals surface area contributed by atoms with Gasteiger partial charge in [0.1, 0.15) is 0 Å². The van der Waals surface area contributed by atoms with E-state index in [0.29, 0.717) is 19.3 Å². The van der Waals surface area contributed by atoms with Gasteiger partial charge in [-0.05, 0) is 30.8 Å². The molecule has 15 heavy (non-hydrogen) atoms. The van der Waals surface area contributed by atoms with Crippen molar-refractivity contribution in [3.63, 3.8) is 0 Å². The Morgan fingerprint density at radius 3 is 2.87 bits per heavy atom. The summed E-state index contributed by atoms with van der Waals surface area (Å²) < 4.78 is 0. The van der Waals surface area contributed by atoms with Crippen molar-refractivity contribution in [2.24, 2.45) is 5.41 Å². The van der Waals surface area contributed by atoms with E-state index in [4.69, 9.17) is 0 Å². The largest absolute Gasteiger partial charge is 0.846 e. The third-order valence-corrected chi connectivity index (χ3v) is 4.17. The normalized spacial score (nSPS) is 40.7. The molecule has 0 aromatic rings. The molecule has 0 saturated heterocycles. The van der Waals surface area contributed by atoms with E-state index in [0.717, 1.165) is 18.4 Å². The van der Waals surface area contributed by atoms with Gasteiger partial charge >= 0.3 is 0 Å². The molecule has 0 amide bonds. The van der Waals surface area contributed by atoms with E-state index in [-0.39, 0.29) is 11.2 Å². The van der Waals surface area contributed by atoms with Gasteiger partial charge in [0.2, 0.25) is 0 Å². The molecule has 0 spiro atoms. The molecule has 2 aliphatic carbocycles. The maximum atomic E-state index is 12.6. The van der Waals surface area contributed by atoms with Crippen LogP contribution in [0.3, 0.4) is 0 Å². The van der Waals surface area contributed by atoms with E-state index in [1.807, 2.05) is 6.92 Å². The van der Waals surface area contributed by atoms with Gasteiger partial charge < -0.3 is 5.11 Å². The van der Waals surface area contributed by atoms with Gasteiger partial charge in [-0.2, -0.15) is 0 Å². The summed E-state index contributed by atoms with van der Waals surface area (Å²) in [5.74, 6) is 0.177. The van der Waals surface area contributed by atoms with E-state index in [2.05, 4.69) is 6.58 Å². The highest BCUT2D eigenvalue weighted by Crippen LogP contribution is 2.51. The van der Waals surface area contributed by atoms with Gasteiger partial charge in [0.25, 0.3) is 0 Å². The number of rotatable bonds is 1. The first-order chi connectivity index (χ1) is 7.02. The van der Waals surface area contributed by atoms with E-state index in [1.54, 1.807) is 12.2 Å². The minimum atomic E-state index is -1.07. The average Bonchev–Trinajstić information content (AvgIpc) is 2.22. The highest BCUT2D eigenvalue weighted by atomic mass is 16.3. The minimum absolute atomic E-state index is 0.177. The summed E-state index contributed by atoms with van der Waals surface area (Å²) >= 11 is 0. The molecule has 1 fully saturated rings. The Hall–Kier alpha value is -0.890. The number of carbonyl (C=O) groups excluding carboxylic acids is 1. The third-order valence-electron chi connectivity index (χ3n) is 4.17. The van der Waals surface area contributed by atoms with Crippen LogP contribution >= 0.6 is 0 Å². The molecule has 2 aliphatic rings. The van der Waals surface area contributed by atoms with Gasteiger partial charge in [0.05, 0.1) is 0 Å². The molecule has 0 aromatic heterocycles. The highest BCUT2D eigenvalue weighted by molar-refractivity contribution is 5.91. The van der Waals surface area contributed by atoms with Crippen LogP contribution in [0.2, 0.25) is 0 Å². The molecule has 1 saturated carbocycles. The zero-order valence-corrected chi connectivity index (χ0v) is 9.21. The van der Waals surface area contributed by atoms with Gasteiger partial charge in [0.15, 0.2) is 5.78 Å². The van der Waals surface area contributed by atoms with Crippen LogP contribution in [0.25, 0.3) is 0 Å². The fourth-order valence-electron chi connectivity index (χ4n) is 2.94. The Kier molecular flexibility index (Phi) is 2.34. The van der Waals surface area contributed by atoms with Crippen LogP contribution in [0, 0.1) is 5.41 Å². The fraction of sp³-hybridized carbons (Fsp3) is 0.615. The summed E-state index contributed by atoms with van der Waals surface area (Å²) in [5.41, 5.74) is -0.390. The third kappa shape index (κ3) is 1.39. The first-order valence-electron chi connectivity index (χ1n) is 5.60. The lowest BCUT2D eigenvalue weighted by atomic mass is 9.57. The molecule has 0 unspecified atom stereocenters. The SMILES string of the molecule is C=C[C@]1([O-])CCCC2=CC(=O)CC[C@@]21C. The summed E-state index contributed by atoms with van der Waals surface area (Å²) in [6.45, 7) is 5.69. The van der Waals surface area contributed by atoms with E-state index >= 15 is 0 Å². The van der Waals surface area contributed by atoms with Crippen molar-refractivity contribution in [2.75, 3.05) is 0 Å². The second-order valence-electron chi connectivity index (χ2n) is 4.92. The van der Waals surface area contributed by atoms with Gasteiger partial charge in [-0.25, -0.2) is 0 Å². The maximum Gasteiger partial charge on any atom is 0.155 e. The van der Waals surface area contributed by atoms with Crippen molar-refractivity contribution < 1.29 is 9.90 Å². The minimum Gasteiger partial charge on any atom is -0.846 e. The lowest BCUT2D eigenvalue weighted by Gasteiger charge is -2.58. The number of hydrogen-bond donors (Lipinski definition) is 0. The standard InChI is InChI=1S/C13H17O2/c1-3-13(15)7-4-5-10-9-11(14)6-8-12(10,13)2/h3,9H,1,4-8H2,2H3/q-1/t12-,13-/m0/s1. The van der Waals surface area contributed by atoms with Gasteiger partial charge in [-0.15, -0.1) is 12.7 Å². The summed E-state index contributed by atoms with van der Waals surface area (Å²) in [4.78, 5) is 11.4. The van der Waals surface area contributed by atoms with Crippen molar-refractivity contribution in [3.8, 4) is 0 Å². The molecule has 82 valence electrons. The van der Waals surface area contributed by atoms with Crippen LogP contribution in [0.5, 0.6) is 0 Å². The quantitative estimate of drug-likeness (QED) is 0.612. The molecule has 0 aromatic carbocycles. The van der Waals surface area contributed by atoms with Gasteiger partial charge in [-0.3, -0.25) is 4.79 Å². The van der Waals surface area contributed by atoms with Crippen LogP contribution in [0.15, 0.2) is 24.3 Å². The number of allylic oxidation sites excluding steroid dienone is 1. The van der Waals surface area contributed by atoms with Crippen LogP contribution in [0.1, 0.15) is 39.0 Å². The van der Waals surface area contributed by atoms with E-state index in [1.165, 1.54) is 0 Å². The summed E-state index contributed by atoms with van der Waals surface area (Å²) in [5, 5.41) is 12.6. The van der Waals surface area contributed by atoms with Crippen molar-refractivity contribution in [3.05, 3.63) is 24.3 Å². The van der Waals surface area contributed by atoms with Gasteiger partial charge in [-0.1, -0.05) is 24.5 Å². The molecule has 2 atom stereocenters. The molecular formula is C13H17O2-. The summed E-state index contributed by atoms with van der Waals surface area (Å²) in [7, 11) is 0. The van der Waals surface area contributed by atoms with Crippen molar-refractivity contribution in [1.29, 1.82) is 0 Å². The first kappa shape index (κ1) is 10.6. The summed E-state index contributed by atoms with van der Waals surface area (Å²) in [6.07, 6.45) is 6.89. The van der Waals surface area contributed by atoms with Gasteiger partial charge in [0, 0.05) is 6.42 Å². The Morgan fingerprint density at radius 1 is 1.47 bits per heavy atom. The zero-order valence-electron chi connectivity index (χ0n) is 9.21. The molecule has 2 heteroatoms. The maximum absolute atomic E-state index is 12.6. The molecule has 0 N–H and O–H groups in total. The molecule has 2 rings (SSSR count). The number of fused-ring (bicyclic) bond motifs is 1. The predicted molar refractivity (Wildman–Crippen MR) is 57.2 cm³/mol. The Balaban J connectivity index is 2.46. The summed E-state index contributed by atoms with van der Waals surface area (Å²) in [6, 6.07) is 0. The average molecular weight is 205 g/mol. The van der Waals surface area contributed by atoms with E-state index < -0.39 is 5.60 Å². The Morgan fingerprint density at radius 2 is 2.20 bits per heavy atom. The lowest BCUT2D eigenvalue weighted by Crippen LogP contribution is -2.59. The molecule has 0 radical (unpaired) electrons. The number of carbonyl (C=O) groups is 1. The number of ketones is 1. The molecule has 0 bridgehead atoms. The lowest BCUT2D eigenvalue weighted by molar-refractivity contribution is -0.489. The molecule has 0 aliphatic heterocycles. The number of hydrogen-bond acceptors (Lipinski definition) is 2. The Bertz CT molecular complexity index is 342. The van der Waals surface area contributed by atoms with Crippen LogP contribution in [0.4, 0.5) is 0 Å². The smallest absolute Gasteiger partial charge is 0.155 e. The van der Waals surface area contributed by atoms with Crippen LogP contribution < -0.4 is 5.11 Å². The molecule has 2 nitrogen and oxygen atoms in total. The highest BCUT2D eigenvalue weighted by Gasteiger charge is 2.44. The molecule has 0 heterocycles. The van der Waals surface area contributed by atoms with E-state index in [9.17, 15) is 9.90 Å². The van der Waals surface area contributed by atoms with Crippen molar-refractivity contribution in [2.45, 2.75) is 44.6 Å². The first-order valence-corrected chi connectivity index (χ1v) is 5.60. The topological polar surface area (TPSA) is 40.1 Å². The predicted octanol–water partition coefficient (Wildman–Crippen LogP) is 1.75. The van der Waals surface area contributed by atoms with Crippen molar-refractivity contribution >= 4 is 5.78 Å².